The van der Waals surface area contributed by atoms with Gasteiger partial charge >= 0.3 is 0 Å². The van der Waals surface area contributed by atoms with Gasteiger partial charge < -0.3 is 0 Å². The van der Waals surface area contributed by atoms with Crippen LogP contribution in [0.1, 0.15) is 325 Å². The standard InChI is InChI=1S/4C10H13F.C10H20.3C10H14.2C9H13N/c1-7(2)9-5-4-8(3)10(11)6-9;3*1-7(2)9-5-4-8(3)6-10(9)11;4*1-8(2)10-6-4-9(3)5-7-10;2*1-7(2)9-5-4-8(3)6-10-9/h4*4-7H,1-3H3;8-10H,4-7H2,1-3H3;3*4-8H,1-3H3;2*4-7H,1-3H3. The van der Waals surface area contributed by atoms with Crippen LogP contribution in [-0.2, 0) is 0 Å². The molecule has 0 spiro atoms. The number of benzene rings is 7. The lowest BCUT2D eigenvalue weighted by Crippen LogP contribution is -2.16. The van der Waals surface area contributed by atoms with Gasteiger partial charge in [-0.2, -0.15) is 0 Å². The van der Waals surface area contributed by atoms with E-state index < -0.39 is 0 Å². The Hall–Kier alpha value is -7.44. The molecule has 1 aliphatic carbocycles. The first-order valence-corrected chi connectivity index (χ1v) is 38.7. The molecule has 1 fully saturated rings. The highest BCUT2D eigenvalue weighted by Crippen LogP contribution is 2.33. The maximum Gasteiger partial charge on any atom is 0.126 e. The summed E-state index contributed by atoms with van der Waals surface area (Å²) in [5.74, 6) is 6.89. The third kappa shape index (κ3) is 39.6. The van der Waals surface area contributed by atoms with Crippen molar-refractivity contribution in [3.8, 4) is 0 Å². The van der Waals surface area contributed by atoms with Gasteiger partial charge in [0.1, 0.15) is 23.3 Å². The lowest BCUT2D eigenvalue weighted by molar-refractivity contribution is 0.234. The number of pyridine rings is 2. The molecular weight excluding hydrogens is 1280 g/mol. The monoisotopic (exact) mass is 1420 g/mol. The van der Waals surface area contributed by atoms with Crippen LogP contribution in [0.4, 0.5) is 17.6 Å². The first kappa shape index (κ1) is 94.6. The Labute approximate surface area is 634 Å². The summed E-state index contributed by atoms with van der Waals surface area (Å²) >= 11 is 0. The molecule has 0 saturated heterocycles. The fraction of sp³-hybridized carbons (Fsp3) is 0.469. The van der Waals surface area contributed by atoms with Crippen molar-refractivity contribution in [3.63, 3.8) is 0 Å². The van der Waals surface area contributed by atoms with Crippen molar-refractivity contribution in [1.29, 1.82) is 0 Å². The third-order valence-electron chi connectivity index (χ3n) is 18.5. The van der Waals surface area contributed by atoms with E-state index in [4.69, 9.17) is 0 Å². The molecule has 1 aliphatic rings. The molecule has 0 unspecified atom stereocenters. The van der Waals surface area contributed by atoms with Gasteiger partial charge in [0, 0.05) is 23.8 Å². The lowest BCUT2D eigenvalue weighted by Gasteiger charge is -2.28. The molecular formula is C98H140F4N2. The van der Waals surface area contributed by atoms with Crippen LogP contribution in [0.3, 0.4) is 0 Å². The third-order valence-corrected chi connectivity index (χ3v) is 18.5. The van der Waals surface area contributed by atoms with E-state index in [0.717, 1.165) is 62.3 Å². The van der Waals surface area contributed by atoms with Gasteiger partial charge in [-0.1, -0.05) is 308 Å². The molecule has 570 valence electrons. The van der Waals surface area contributed by atoms with Crippen LogP contribution in [-0.4, -0.2) is 9.97 Å². The van der Waals surface area contributed by atoms with E-state index in [-0.39, 0.29) is 41.0 Å². The molecule has 0 bridgehead atoms. The fourth-order valence-corrected chi connectivity index (χ4v) is 10.7. The van der Waals surface area contributed by atoms with E-state index in [9.17, 15) is 17.6 Å². The molecule has 6 heteroatoms. The normalized spacial score (nSPS) is 12.8. The second-order valence-corrected chi connectivity index (χ2v) is 32.0. The molecule has 0 amide bonds. The average Bonchev–Trinajstić information content (AvgIpc) is 0.887. The molecule has 0 atom stereocenters. The van der Waals surface area contributed by atoms with Crippen LogP contribution < -0.4 is 0 Å². The van der Waals surface area contributed by atoms with Crippen molar-refractivity contribution in [3.05, 3.63) is 306 Å². The highest BCUT2D eigenvalue weighted by molar-refractivity contribution is 5.30. The summed E-state index contributed by atoms with van der Waals surface area (Å²) in [5, 5.41) is 0. The summed E-state index contributed by atoms with van der Waals surface area (Å²) in [6.07, 6.45) is 9.74. The van der Waals surface area contributed by atoms with Crippen LogP contribution in [0, 0.1) is 103 Å². The molecule has 0 aliphatic heterocycles. The Morgan fingerprint density at radius 3 is 0.731 bits per heavy atom. The first-order valence-electron chi connectivity index (χ1n) is 38.7. The van der Waals surface area contributed by atoms with Crippen molar-refractivity contribution in [1.82, 2.24) is 9.97 Å². The number of aryl methyl sites for hydroxylation is 9. The summed E-state index contributed by atoms with van der Waals surface area (Å²) < 4.78 is 52.2. The summed E-state index contributed by atoms with van der Waals surface area (Å²) in [7, 11) is 0. The van der Waals surface area contributed by atoms with Gasteiger partial charge in [-0.05, 0) is 255 Å². The molecule has 104 heavy (non-hydrogen) atoms. The Bertz CT molecular complexity index is 3290. The molecule has 1 saturated carbocycles. The van der Waals surface area contributed by atoms with Crippen LogP contribution in [0.2, 0.25) is 0 Å². The van der Waals surface area contributed by atoms with Gasteiger partial charge in [0.15, 0.2) is 0 Å². The van der Waals surface area contributed by atoms with E-state index in [0.29, 0.717) is 35.5 Å². The van der Waals surface area contributed by atoms with E-state index in [1.54, 1.807) is 31.2 Å². The highest BCUT2D eigenvalue weighted by atomic mass is 19.1. The Morgan fingerprint density at radius 1 is 0.260 bits per heavy atom. The van der Waals surface area contributed by atoms with Gasteiger partial charge in [0.2, 0.25) is 0 Å². The molecule has 10 rings (SSSR count). The van der Waals surface area contributed by atoms with E-state index in [2.05, 4.69) is 246 Å². The zero-order valence-electron chi connectivity index (χ0n) is 70.5. The van der Waals surface area contributed by atoms with Crippen molar-refractivity contribution in [2.75, 3.05) is 0 Å². The first-order chi connectivity index (χ1) is 48.6. The Balaban J connectivity index is 0.000000578. The zero-order chi connectivity index (χ0) is 79.1. The smallest absolute Gasteiger partial charge is 0.126 e. The maximum atomic E-state index is 13.1. The predicted octanol–water partition coefficient (Wildman–Crippen LogP) is 30.9. The van der Waals surface area contributed by atoms with Crippen LogP contribution in [0.5, 0.6) is 0 Å². The van der Waals surface area contributed by atoms with Crippen molar-refractivity contribution in [2.45, 2.75) is 287 Å². The predicted molar refractivity (Wildman–Crippen MR) is 449 cm³/mol. The summed E-state index contributed by atoms with van der Waals surface area (Å²) in [4.78, 5) is 8.56. The molecule has 9 aromatic rings. The summed E-state index contributed by atoms with van der Waals surface area (Å²) in [6, 6.07) is 56.0. The Kier molecular flexibility index (Phi) is 45.6. The molecule has 0 N–H and O–H groups in total. The van der Waals surface area contributed by atoms with Crippen molar-refractivity contribution >= 4 is 0 Å². The molecule has 2 aromatic heterocycles. The number of hydrogen-bond donors (Lipinski definition) is 0. The second kappa shape index (κ2) is 50.1. The van der Waals surface area contributed by atoms with E-state index in [1.165, 1.54) is 81.6 Å². The fourth-order valence-electron chi connectivity index (χ4n) is 10.7. The molecule has 2 nitrogen and oxygen atoms in total. The van der Waals surface area contributed by atoms with Gasteiger partial charge in [0.05, 0.1) is 0 Å². The van der Waals surface area contributed by atoms with Crippen molar-refractivity contribution in [2.24, 2.45) is 17.8 Å². The molecule has 2 heterocycles. The van der Waals surface area contributed by atoms with E-state index in [1.807, 2.05) is 123 Å². The minimum atomic E-state index is -0.101. The van der Waals surface area contributed by atoms with Crippen molar-refractivity contribution < 1.29 is 17.6 Å². The number of hydrogen-bond acceptors (Lipinski definition) is 2. The molecule has 0 radical (unpaired) electrons. The number of rotatable bonds is 10. The zero-order valence-corrected chi connectivity index (χ0v) is 70.5. The maximum absolute atomic E-state index is 13.1. The van der Waals surface area contributed by atoms with Gasteiger partial charge in [-0.3, -0.25) is 9.97 Å². The van der Waals surface area contributed by atoms with Gasteiger partial charge in [-0.25, -0.2) is 17.6 Å². The van der Waals surface area contributed by atoms with Gasteiger partial charge in [0.25, 0.3) is 0 Å². The average molecular weight is 1420 g/mol. The van der Waals surface area contributed by atoms with Gasteiger partial charge in [-0.15, -0.1) is 0 Å². The number of nitrogens with zero attached hydrogens (tertiary/aromatic N) is 2. The SMILES string of the molecule is CC1CCC(C(C)C)CC1.Cc1ccc(C(C)C)c(F)c1.Cc1ccc(C(C)C)c(F)c1.Cc1ccc(C(C)C)c(F)c1.Cc1ccc(C(C)C)cc1.Cc1ccc(C(C)C)cc1.Cc1ccc(C(C)C)cc1.Cc1ccc(C(C)C)cc1F.Cc1ccc(C(C)C)nc1.Cc1ccc(C(C)C)nc1. The second-order valence-electron chi connectivity index (χ2n) is 32.0. The van der Waals surface area contributed by atoms with Crippen LogP contribution in [0.15, 0.2) is 182 Å². The minimum Gasteiger partial charge on any atom is -0.261 e. The van der Waals surface area contributed by atoms with Crippen LogP contribution >= 0.6 is 0 Å². The quantitative estimate of drug-likeness (QED) is 0.128. The highest BCUT2D eigenvalue weighted by Gasteiger charge is 2.20. The Morgan fingerprint density at radius 2 is 0.519 bits per heavy atom. The molecule has 7 aromatic carbocycles. The largest absolute Gasteiger partial charge is 0.261 e. The number of aromatic nitrogens is 2. The number of halogens is 4. The van der Waals surface area contributed by atoms with E-state index >= 15 is 0 Å². The summed E-state index contributed by atoms with van der Waals surface area (Å²) in [6.45, 7) is 63.0. The summed E-state index contributed by atoms with van der Waals surface area (Å²) in [5.41, 5.74) is 20.2. The lowest BCUT2D eigenvalue weighted by atomic mass is 9.78. The minimum absolute atomic E-state index is 0.0833. The van der Waals surface area contributed by atoms with Crippen LogP contribution in [0.25, 0.3) is 0 Å². The topological polar surface area (TPSA) is 25.8 Å².